The van der Waals surface area contributed by atoms with Crippen LogP contribution in [0.1, 0.15) is 55.6 Å². The molecule has 0 spiro atoms. The van der Waals surface area contributed by atoms with E-state index in [0.717, 1.165) is 34.8 Å². The molecule has 0 saturated heterocycles. The molecule has 3 heterocycles. The van der Waals surface area contributed by atoms with Gasteiger partial charge in [-0.15, -0.1) is 0 Å². The maximum atomic E-state index is 12.6. The normalized spacial score (nSPS) is 18.6. The van der Waals surface area contributed by atoms with Crippen LogP contribution in [0.3, 0.4) is 0 Å². The Bertz CT molecular complexity index is 1130. The second-order valence-corrected chi connectivity index (χ2v) is 8.72. The van der Waals surface area contributed by atoms with Crippen molar-refractivity contribution >= 4 is 34.7 Å². The molecule has 5 nitrogen and oxygen atoms in total. The van der Waals surface area contributed by atoms with Crippen molar-refractivity contribution in [3.05, 3.63) is 69.5 Å². The number of hydrogen-bond acceptors (Lipinski definition) is 3. The zero-order chi connectivity index (χ0) is 21.6. The number of aliphatic imine (C=N–C) groups is 1. The summed E-state index contributed by atoms with van der Waals surface area (Å²) in [5.41, 5.74) is 6.72. The van der Waals surface area contributed by atoms with E-state index in [2.05, 4.69) is 60.7 Å². The third-order valence-electron chi connectivity index (χ3n) is 5.89. The molecule has 2 aliphatic heterocycles. The van der Waals surface area contributed by atoms with Gasteiger partial charge in [0.1, 0.15) is 5.84 Å². The summed E-state index contributed by atoms with van der Waals surface area (Å²) in [5.74, 6) is 0.372. The van der Waals surface area contributed by atoms with Gasteiger partial charge in [-0.1, -0.05) is 37.7 Å². The molecule has 1 aromatic carbocycles. The van der Waals surface area contributed by atoms with Crippen LogP contribution in [-0.2, 0) is 4.79 Å². The SMILES string of the molecule is CCC(C)c1ccc(-n2c(C)cc(/C=C3\C(=N)N4C(C)=CSC4=NC3=O)c2C)cc1. The van der Waals surface area contributed by atoms with E-state index in [0.29, 0.717) is 16.7 Å². The number of amides is 1. The van der Waals surface area contributed by atoms with Crippen molar-refractivity contribution in [3.8, 4) is 5.69 Å². The topological polar surface area (TPSA) is 61.5 Å². The lowest BCUT2D eigenvalue weighted by molar-refractivity contribution is -0.114. The second kappa shape index (κ2) is 7.76. The minimum atomic E-state index is -0.357. The Hall–Kier alpha value is -2.86. The van der Waals surface area contributed by atoms with Gasteiger partial charge in [0.25, 0.3) is 5.91 Å². The number of rotatable bonds is 4. The molecule has 1 unspecified atom stereocenters. The largest absolute Gasteiger partial charge is 0.318 e. The van der Waals surface area contributed by atoms with E-state index in [1.165, 1.54) is 17.3 Å². The molecule has 2 aliphatic rings. The zero-order valence-electron chi connectivity index (χ0n) is 18.0. The highest BCUT2D eigenvalue weighted by Crippen LogP contribution is 2.32. The van der Waals surface area contributed by atoms with Crippen LogP contribution < -0.4 is 0 Å². The van der Waals surface area contributed by atoms with E-state index in [-0.39, 0.29) is 11.7 Å². The van der Waals surface area contributed by atoms with Crippen molar-refractivity contribution in [2.45, 2.75) is 47.0 Å². The minimum absolute atomic E-state index is 0.187. The third-order valence-corrected chi connectivity index (χ3v) is 6.83. The number of allylic oxidation sites excluding steroid dienone is 1. The number of thioether (sulfide) groups is 1. The van der Waals surface area contributed by atoms with Crippen LogP contribution in [0.5, 0.6) is 0 Å². The fourth-order valence-corrected chi connectivity index (χ4v) is 4.77. The average molecular weight is 419 g/mol. The summed E-state index contributed by atoms with van der Waals surface area (Å²) >= 11 is 1.38. The molecular formula is C24H26N4OS. The van der Waals surface area contributed by atoms with Crippen LogP contribution in [0, 0.1) is 19.3 Å². The van der Waals surface area contributed by atoms with Crippen molar-refractivity contribution in [2.75, 3.05) is 0 Å². The van der Waals surface area contributed by atoms with Gasteiger partial charge in [0.05, 0.1) is 5.57 Å². The molecule has 0 saturated carbocycles. The van der Waals surface area contributed by atoms with E-state index in [4.69, 9.17) is 5.41 Å². The number of carbonyl (C=O) groups excluding carboxylic acids is 1. The fourth-order valence-electron chi connectivity index (χ4n) is 3.92. The van der Waals surface area contributed by atoms with Crippen molar-refractivity contribution < 1.29 is 4.79 Å². The monoisotopic (exact) mass is 418 g/mol. The first-order valence-electron chi connectivity index (χ1n) is 10.2. The molecule has 0 aliphatic carbocycles. The van der Waals surface area contributed by atoms with Gasteiger partial charge in [-0.05, 0) is 73.9 Å². The number of nitrogens with zero attached hydrogens (tertiary/aromatic N) is 3. The van der Waals surface area contributed by atoms with E-state index in [1.807, 2.05) is 19.3 Å². The summed E-state index contributed by atoms with van der Waals surface area (Å²) in [6, 6.07) is 10.7. The lowest BCUT2D eigenvalue weighted by Crippen LogP contribution is -2.37. The van der Waals surface area contributed by atoms with Crippen LogP contribution in [0.2, 0.25) is 0 Å². The smallest absolute Gasteiger partial charge is 0.283 e. The van der Waals surface area contributed by atoms with E-state index in [1.54, 1.807) is 11.0 Å². The van der Waals surface area contributed by atoms with Crippen molar-refractivity contribution in [1.29, 1.82) is 5.41 Å². The number of carbonyl (C=O) groups is 1. The Morgan fingerprint density at radius 3 is 2.57 bits per heavy atom. The van der Waals surface area contributed by atoms with Gasteiger partial charge in [0.2, 0.25) is 0 Å². The first-order chi connectivity index (χ1) is 14.3. The van der Waals surface area contributed by atoms with Crippen LogP contribution in [0.25, 0.3) is 11.8 Å². The molecule has 1 aromatic heterocycles. The van der Waals surface area contributed by atoms with Gasteiger partial charge in [-0.25, -0.2) is 0 Å². The quantitative estimate of drug-likeness (QED) is 0.641. The standard InChI is InChI=1S/C24H26N4OS/c1-6-14(2)18-7-9-20(10-8-18)27-15(3)11-19(17(27)5)12-21-22(25)28-16(4)13-30-24(28)26-23(21)29/h7-14,25H,6H2,1-5H3/b21-12+,25-22?. The van der Waals surface area contributed by atoms with Gasteiger partial charge in [-0.2, -0.15) is 4.99 Å². The summed E-state index contributed by atoms with van der Waals surface area (Å²) in [6.07, 6.45) is 2.92. The molecule has 1 N–H and O–H groups in total. The molecule has 0 bridgehead atoms. The Morgan fingerprint density at radius 2 is 1.90 bits per heavy atom. The number of nitrogens with one attached hydrogen (secondary N) is 1. The van der Waals surface area contributed by atoms with E-state index < -0.39 is 0 Å². The van der Waals surface area contributed by atoms with Crippen LogP contribution in [0.15, 0.2) is 52.0 Å². The highest BCUT2D eigenvalue weighted by atomic mass is 32.2. The van der Waals surface area contributed by atoms with Gasteiger partial charge in [-0.3, -0.25) is 15.1 Å². The number of amidine groups is 2. The minimum Gasteiger partial charge on any atom is -0.318 e. The predicted molar refractivity (Wildman–Crippen MR) is 125 cm³/mol. The van der Waals surface area contributed by atoms with Crippen LogP contribution >= 0.6 is 11.8 Å². The fraction of sp³-hybridized carbons (Fsp3) is 0.292. The summed E-state index contributed by atoms with van der Waals surface area (Å²) in [5, 5.41) is 11.0. The summed E-state index contributed by atoms with van der Waals surface area (Å²) in [6.45, 7) is 10.5. The Kier molecular flexibility index (Phi) is 5.28. The summed E-state index contributed by atoms with van der Waals surface area (Å²) in [7, 11) is 0. The first kappa shape index (κ1) is 20.4. The average Bonchev–Trinajstić information content (AvgIpc) is 3.23. The number of hydrogen-bond donors (Lipinski definition) is 1. The molecule has 0 radical (unpaired) electrons. The zero-order valence-corrected chi connectivity index (χ0v) is 18.8. The predicted octanol–water partition coefficient (Wildman–Crippen LogP) is 5.77. The van der Waals surface area contributed by atoms with Gasteiger partial charge >= 0.3 is 0 Å². The van der Waals surface area contributed by atoms with E-state index in [9.17, 15) is 4.79 Å². The maximum absolute atomic E-state index is 12.6. The Morgan fingerprint density at radius 1 is 1.20 bits per heavy atom. The van der Waals surface area contributed by atoms with Crippen molar-refractivity contribution in [2.24, 2.45) is 4.99 Å². The molecule has 30 heavy (non-hydrogen) atoms. The number of aromatic nitrogens is 1. The van der Waals surface area contributed by atoms with Gasteiger partial charge in [0.15, 0.2) is 5.17 Å². The molecule has 154 valence electrons. The Balaban J connectivity index is 1.72. The lowest BCUT2D eigenvalue weighted by atomic mass is 9.98. The van der Waals surface area contributed by atoms with Crippen LogP contribution in [-0.4, -0.2) is 26.4 Å². The highest BCUT2D eigenvalue weighted by molar-refractivity contribution is 8.16. The maximum Gasteiger partial charge on any atom is 0.283 e. The summed E-state index contributed by atoms with van der Waals surface area (Å²) in [4.78, 5) is 18.5. The molecule has 2 aromatic rings. The van der Waals surface area contributed by atoms with E-state index >= 15 is 0 Å². The Labute approximate surface area is 181 Å². The first-order valence-corrected chi connectivity index (χ1v) is 11.1. The number of fused-ring (bicyclic) bond motifs is 1. The molecule has 6 heteroatoms. The van der Waals surface area contributed by atoms with Crippen molar-refractivity contribution in [1.82, 2.24) is 9.47 Å². The second-order valence-electron chi connectivity index (χ2n) is 7.88. The highest BCUT2D eigenvalue weighted by Gasteiger charge is 2.34. The van der Waals surface area contributed by atoms with Crippen molar-refractivity contribution in [3.63, 3.8) is 0 Å². The van der Waals surface area contributed by atoms with Gasteiger partial charge < -0.3 is 4.57 Å². The summed E-state index contributed by atoms with van der Waals surface area (Å²) < 4.78 is 2.19. The molecule has 1 atom stereocenters. The molecule has 1 amide bonds. The van der Waals surface area contributed by atoms with Crippen LogP contribution in [0.4, 0.5) is 0 Å². The third kappa shape index (κ3) is 3.35. The molecular weight excluding hydrogens is 392 g/mol. The molecule has 4 rings (SSSR count). The number of benzene rings is 1. The lowest BCUT2D eigenvalue weighted by Gasteiger charge is -2.25. The molecule has 0 fully saturated rings. The number of aryl methyl sites for hydroxylation is 1. The van der Waals surface area contributed by atoms with Gasteiger partial charge in [0, 0.05) is 22.8 Å².